The van der Waals surface area contributed by atoms with Crippen molar-refractivity contribution in [2.24, 2.45) is 0 Å². The summed E-state index contributed by atoms with van der Waals surface area (Å²) in [6.07, 6.45) is 0.440. The fourth-order valence-electron chi connectivity index (χ4n) is 1.95. The molecule has 6 heteroatoms. The molecule has 2 aromatic rings. The smallest absolute Gasteiger partial charge is 0.194 e. The summed E-state index contributed by atoms with van der Waals surface area (Å²) in [7, 11) is 0. The highest BCUT2D eigenvalue weighted by Gasteiger charge is 2.23. The number of ketones is 2. The molecule has 0 saturated heterocycles. The molecule has 0 N–H and O–H groups in total. The van der Waals surface area contributed by atoms with Crippen LogP contribution in [0, 0.1) is 18.3 Å². The van der Waals surface area contributed by atoms with Crippen LogP contribution in [0.2, 0.25) is 0 Å². The lowest BCUT2D eigenvalue weighted by Crippen LogP contribution is -2.19. The number of hydrogen-bond donors (Lipinski definition) is 0. The maximum atomic E-state index is 12.1. The number of ether oxygens (including phenoxy) is 1. The van der Waals surface area contributed by atoms with Gasteiger partial charge in [-0.15, -0.1) is 11.3 Å². The summed E-state index contributed by atoms with van der Waals surface area (Å²) < 4.78 is 5.41. The Bertz CT molecular complexity index is 744. The highest BCUT2D eigenvalue weighted by atomic mass is 32.1. The van der Waals surface area contributed by atoms with Crippen LogP contribution in [0.5, 0.6) is 5.75 Å². The molecule has 0 aliphatic heterocycles. The second-order valence-electron chi connectivity index (χ2n) is 4.95. The van der Waals surface area contributed by atoms with E-state index in [-0.39, 0.29) is 18.2 Å². The van der Waals surface area contributed by atoms with Crippen molar-refractivity contribution in [1.29, 1.82) is 5.26 Å². The molecule has 23 heavy (non-hydrogen) atoms. The van der Waals surface area contributed by atoms with Crippen molar-refractivity contribution < 1.29 is 14.3 Å². The highest BCUT2D eigenvalue weighted by molar-refractivity contribution is 7.09. The number of thiazole rings is 1. The normalized spacial score (nSPS) is 11.5. The van der Waals surface area contributed by atoms with Gasteiger partial charge in [-0.3, -0.25) is 9.59 Å². The summed E-state index contributed by atoms with van der Waals surface area (Å²) in [5, 5.41) is 11.5. The molecule has 1 unspecified atom stereocenters. The zero-order chi connectivity index (χ0) is 16.8. The third-order valence-corrected chi connectivity index (χ3v) is 4.24. The van der Waals surface area contributed by atoms with E-state index in [1.54, 1.807) is 36.6 Å². The van der Waals surface area contributed by atoms with E-state index in [1.807, 2.05) is 13.0 Å². The van der Waals surface area contributed by atoms with Crippen LogP contribution in [-0.2, 0) is 4.79 Å². The topological polar surface area (TPSA) is 80.0 Å². The number of Topliss-reactive ketones (excluding diaryl/α,β-unsaturated/α-hetero) is 2. The maximum absolute atomic E-state index is 12.1. The highest BCUT2D eigenvalue weighted by Crippen LogP contribution is 2.21. The molecule has 1 aromatic heterocycles. The first-order chi connectivity index (χ1) is 11.0. The summed E-state index contributed by atoms with van der Waals surface area (Å²) in [6, 6.07) is 8.59. The van der Waals surface area contributed by atoms with Gasteiger partial charge in [-0.2, -0.15) is 5.26 Å². The van der Waals surface area contributed by atoms with E-state index < -0.39 is 5.92 Å². The van der Waals surface area contributed by atoms with Gasteiger partial charge in [0.2, 0.25) is 0 Å². The monoisotopic (exact) mass is 328 g/mol. The average Bonchev–Trinajstić information content (AvgIpc) is 2.99. The van der Waals surface area contributed by atoms with Gasteiger partial charge in [0, 0.05) is 23.1 Å². The molecule has 0 spiro atoms. The van der Waals surface area contributed by atoms with Gasteiger partial charge in [0.15, 0.2) is 17.5 Å². The summed E-state index contributed by atoms with van der Waals surface area (Å²) in [6.45, 7) is 3.40. The van der Waals surface area contributed by atoms with Crippen molar-refractivity contribution in [3.63, 3.8) is 0 Å². The number of nitrogens with zero attached hydrogens (tertiary/aromatic N) is 2. The SMILES string of the molecule is CCC(=O)c1ccc(OCC(=O)C(C#N)c2nc(C)cs2)cc1. The van der Waals surface area contributed by atoms with Crippen LogP contribution in [0.15, 0.2) is 29.6 Å². The molecule has 0 aliphatic carbocycles. The Morgan fingerprint density at radius 3 is 2.57 bits per heavy atom. The van der Waals surface area contributed by atoms with E-state index in [0.29, 0.717) is 22.7 Å². The molecule has 1 heterocycles. The van der Waals surface area contributed by atoms with E-state index in [9.17, 15) is 14.9 Å². The van der Waals surface area contributed by atoms with Gasteiger partial charge in [0.1, 0.15) is 17.4 Å². The molecule has 0 radical (unpaired) electrons. The lowest BCUT2D eigenvalue weighted by molar-refractivity contribution is -0.121. The molecule has 0 saturated carbocycles. The molecule has 2 rings (SSSR count). The summed E-state index contributed by atoms with van der Waals surface area (Å²) in [5.74, 6) is -0.709. The van der Waals surface area contributed by atoms with Crippen LogP contribution in [0.3, 0.4) is 0 Å². The van der Waals surface area contributed by atoms with Crippen LogP contribution < -0.4 is 4.74 Å². The Morgan fingerprint density at radius 2 is 2.04 bits per heavy atom. The number of benzene rings is 1. The van der Waals surface area contributed by atoms with Crippen molar-refractivity contribution in [1.82, 2.24) is 4.98 Å². The van der Waals surface area contributed by atoms with Crippen LogP contribution in [-0.4, -0.2) is 23.2 Å². The zero-order valence-corrected chi connectivity index (χ0v) is 13.7. The van der Waals surface area contributed by atoms with Crippen molar-refractivity contribution >= 4 is 22.9 Å². The third kappa shape index (κ3) is 4.24. The number of rotatable bonds is 7. The van der Waals surface area contributed by atoms with Crippen LogP contribution in [0.25, 0.3) is 0 Å². The first-order valence-corrected chi connectivity index (χ1v) is 8.03. The van der Waals surface area contributed by atoms with Crippen LogP contribution >= 0.6 is 11.3 Å². The van der Waals surface area contributed by atoms with Gasteiger partial charge in [-0.05, 0) is 31.2 Å². The molecular weight excluding hydrogens is 312 g/mol. The molecule has 1 atom stereocenters. The fraction of sp³-hybridized carbons (Fsp3) is 0.294. The van der Waals surface area contributed by atoms with Gasteiger partial charge < -0.3 is 4.74 Å². The van der Waals surface area contributed by atoms with Gasteiger partial charge >= 0.3 is 0 Å². The number of aromatic nitrogens is 1. The summed E-state index contributed by atoms with van der Waals surface area (Å²) >= 11 is 1.29. The molecule has 0 fully saturated rings. The molecule has 0 aliphatic rings. The van der Waals surface area contributed by atoms with E-state index in [1.165, 1.54) is 11.3 Å². The lowest BCUT2D eigenvalue weighted by Gasteiger charge is -2.08. The van der Waals surface area contributed by atoms with Crippen LogP contribution in [0.4, 0.5) is 0 Å². The largest absolute Gasteiger partial charge is 0.486 e. The van der Waals surface area contributed by atoms with Gasteiger partial charge in [0.25, 0.3) is 0 Å². The van der Waals surface area contributed by atoms with E-state index in [0.717, 1.165) is 5.69 Å². The zero-order valence-electron chi connectivity index (χ0n) is 12.9. The summed E-state index contributed by atoms with van der Waals surface area (Å²) in [4.78, 5) is 27.9. The minimum atomic E-state index is -0.908. The Labute approximate surface area is 138 Å². The lowest BCUT2D eigenvalue weighted by atomic mass is 10.1. The van der Waals surface area contributed by atoms with E-state index >= 15 is 0 Å². The Morgan fingerprint density at radius 1 is 1.35 bits per heavy atom. The Balaban J connectivity index is 1.98. The first kappa shape index (κ1) is 16.8. The van der Waals surface area contributed by atoms with Crippen molar-refractivity contribution in [3.05, 3.63) is 45.9 Å². The van der Waals surface area contributed by atoms with Crippen molar-refractivity contribution in [3.8, 4) is 11.8 Å². The number of carbonyl (C=O) groups is 2. The predicted octanol–water partition coefficient (Wildman–Crippen LogP) is 3.30. The molecule has 118 valence electrons. The molecule has 0 amide bonds. The number of nitriles is 1. The van der Waals surface area contributed by atoms with Crippen LogP contribution in [0.1, 0.15) is 40.3 Å². The van der Waals surface area contributed by atoms with Gasteiger partial charge in [-0.1, -0.05) is 6.92 Å². The maximum Gasteiger partial charge on any atom is 0.194 e. The standard InChI is InChI=1S/C17H16N2O3S/c1-3-15(20)12-4-6-13(7-5-12)22-9-16(21)14(8-18)17-19-11(2)10-23-17/h4-7,10,14H,3,9H2,1-2H3. The second kappa shape index (κ2) is 7.65. The predicted molar refractivity (Wildman–Crippen MR) is 86.8 cm³/mol. The average molecular weight is 328 g/mol. The van der Waals surface area contributed by atoms with Gasteiger partial charge in [0.05, 0.1) is 6.07 Å². The number of hydrogen-bond acceptors (Lipinski definition) is 6. The van der Waals surface area contributed by atoms with Crippen molar-refractivity contribution in [2.45, 2.75) is 26.2 Å². The third-order valence-electron chi connectivity index (χ3n) is 3.21. The molecular formula is C17H16N2O3S. The molecule has 0 bridgehead atoms. The first-order valence-electron chi connectivity index (χ1n) is 7.15. The van der Waals surface area contributed by atoms with E-state index in [4.69, 9.17) is 4.74 Å². The molecule has 1 aromatic carbocycles. The minimum absolute atomic E-state index is 0.0521. The number of carbonyl (C=O) groups excluding carboxylic acids is 2. The second-order valence-corrected chi connectivity index (χ2v) is 5.84. The van der Waals surface area contributed by atoms with Gasteiger partial charge in [-0.25, -0.2) is 4.98 Å². The minimum Gasteiger partial charge on any atom is -0.486 e. The molecule has 5 nitrogen and oxygen atoms in total. The summed E-state index contributed by atoms with van der Waals surface area (Å²) in [5.41, 5.74) is 1.40. The fourth-order valence-corrected chi connectivity index (χ4v) is 2.81. The Kier molecular flexibility index (Phi) is 5.61. The van der Waals surface area contributed by atoms with Crippen molar-refractivity contribution in [2.75, 3.05) is 6.61 Å². The Hall–Kier alpha value is -2.52. The van der Waals surface area contributed by atoms with E-state index in [2.05, 4.69) is 4.98 Å². The number of aryl methyl sites for hydroxylation is 1. The quantitative estimate of drug-likeness (QED) is 0.729.